The van der Waals surface area contributed by atoms with E-state index in [0.717, 1.165) is 12.8 Å². The highest BCUT2D eigenvalue weighted by atomic mass is 32.2. The number of thioether (sulfide) groups is 1. The second-order valence-corrected chi connectivity index (χ2v) is 7.10. The van der Waals surface area contributed by atoms with Crippen LogP contribution in [-0.2, 0) is 4.74 Å². The smallest absolute Gasteiger partial charge is 0.143 e. The standard InChI is InChI=1S/C16H22OS/c1-15(2,3)14-11-7-8-12-16(14,17-4)18-13-9-5-6-10-13/h5,7-11H,6,12H2,1-4H3. The molecule has 0 heterocycles. The first-order valence-electron chi connectivity index (χ1n) is 6.46. The van der Waals surface area contributed by atoms with Crippen molar-refractivity contribution in [2.45, 2.75) is 38.5 Å². The predicted octanol–water partition coefficient (Wildman–Crippen LogP) is 4.84. The lowest BCUT2D eigenvalue weighted by atomic mass is 9.80. The van der Waals surface area contributed by atoms with Crippen molar-refractivity contribution in [1.82, 2.24) is 0 Å². The van der Waals surface area contributed by atoms with Crippen LogP contribution in [0.25, 0.3) is 0 Å². The molecule has 0 radical (unpaired) electrons. The number of hydrogen-bond acceptors (Lipinski definition) is 2. The number of ether oxygens (including phenoxy) is 1. The molecule has 0 bridgehead atoms. The molecule has 0 aliphatic heterocycles. The van der Waals surface area contributed by atoms with Crippen molar-refractivity contribution >= 4 is 11.8 Å². The van der Waals surface area contributed by atoms with Crippen molar-refractivity contribution in [3.05, 3.63) is 46.9 Å². The maximum Gasteiger partial charge on any atom is 0.143 e. The van der Waals surface area contributed by atoms with Crippen molar-refractivity contribution in [3.8, 4) is 0 Å². The summed E-state index contributed by atoms with van der Waals surface area (Å²) in [5.74, 6) is 0. The van der Waals surface area contributed by atoms with Crippen molar-refractivity contribution in [3.63, 3.8) is 0 Å². The molecule has 1 unspecified atom stereocenters. The number of hydrogen-bond donors (Lipinski definition) is 0. The second kappa shape index (κ2) is 5.10. The molecule has 0 fully saturated rings. The maximum atomic E-state index is 5.95. The van der Waals surface area contributed by atoms with Gasteiger partial charge in [-0.15, -0.1) is 0 Å². The van der Waals surface area contributed by atoms with E-state index in [1.54, 1.807) is 0 Å². The highest BCUT2D eigenvalue weighted by Crippen LogP contribution is 2.50. The van der Waals surface area contributed by atoms with Crippen LogP contribution < -0.4 is 0 Å². The average Bonchev–Trinajstić information content (AvgIpc) is 2.81. The molecular formula is C16H22OS. The van der Waals surface area contributed by atoms with Gasteiger partial charge in [-0.05, 0) is 17.4 Å². The molecule has 0 aromatic heterocycles. The Morgan fingerprint density at radius 3 is 2.61 bits per heavy atom. The van der Waals surface area contributed by atoms with E-state index in [9.17, 15) is 0 Å². The van der Waals surface area contributed by atoms with E-state index >= 15 is 0 Å². The molecule has 0 saturated carbocycles. The van der Waals surface area contributed by atoms with Gasteiger partial charge in [0.1, 0.15) is 4.93 Å². The summed E-state index contributed by atoms with van der Waals surface area (Å²) in [5, 5.41) is 0. The summed E-state index contributed by atoms with van der Waals surface area (Å²) in [4.78, 5) is 1.08. The summed E-state index contributed by atoms with van der Waals surface area (Å²) in [6.07, 6.45) is 15.2. The Bertz CT molecular complexity index is 435. The van der Waals surface area contributed by atoms with E-state index in [1.165, 1.54) is 10.5 Å². The van der Waals surface area contributed by atoms with Crippen molar-refractivity contribution in [2.24, 2.45) is 5.41 Å². The topological polar surface area (TPSA) is 9.23 Å². The average molecular weight is 262 g/mol. The Morgan fingerprint density at radius 1 is 1.28 bits per heavy atom. The van der Waals surface area contributed by atoms with Gasteiger partial charge in [0.2, 0.25) is 0 Å². The molecule has 0 saturated heterocycles. The number of methoxy groups -OCH3 is 1. The zero-order valence-corrected chi connectivity index (χ0v) is 12.5. The molecule has 0 aromatic carbocycles. The van der Waals surface area contributed by atoms with Crippen LogP contribution >= 0.6 is 11.8 Å². The van der Waals surface area contributed by atoms with Crippen molar-refractivity contribution < 1.29 is 4.74 Å². The highest BCUT2D eigenvalue weighted by molar-refractivity contribution is 8.04. The van der Waals surface area contributed by atoms with Crippen LogP contribution in [-0.4, -0.2) is 12.0 Å². The van der Waals surface area contributed by atoms with Gasteiger partial charge in [0, 0.05) is 18.4 Å². The molecule has 0 N–H and O–H groups in total. The molecular weight excluding hydrogens is 240 g/mol. The van der Waals surface area contributed by atoms with Crippen molar-refractivity contribution in [2.75, 3.05) is 7.11 Å². The van der Waals surface area contributed by atoms with Gasteiger partial charge in [-0.2, -0.15) is 0 Å². The van der Waals surface area contributed by atoms with Gasteiger partial charge in [0.05, 0.1) is 0 Å². The zero-order chi connectivity index (χ0) is 13.2. The summed E-state index contributed by atoms with van der Waals surface area (Å²) in [6.45, 7) is 6.77. The van der Waals surface area contributed by atoms with Crippen LogP contribution in [0.4, 0.5) is 0 Å². The summed E-state index contributed by atoms with van der Waals surface area (Å²) >= 11 is 1.84. The van der Waals surface area contributed by atoms with E-state index in [2.05, 4.69) is 57.2 Å². The van der Waals surface area contributed by atoms with Crippen LogP contribution in [0, 0.1) is 5.41 Å². The molecule has 0 spiro atoms. The Balaban J connectivity index is 2.32. The first-order chi connectivity index (χ1) is 8.48. The lowest BCUT2D eigenvalue weighted by Gasteiger charge is -2.41. The predicted molar refractivity (Wildman–Crippen MR) is 80.5 cm³/mol. The first-order valence-corrected chi connectivity index (χ1v) is 7.28. The minimum atomic E-state index is -0.243. The second-order valence-electron chi connectivity index (χ2n) is 5.77. The minimum Gasteiger partial charge on any atom is -0.363 e. The molecule has 0 aromatic rings. The van der Waals surface area contributed by atoms with Gasteiger partial charge in [0.15, 0.2) is 0 Å². The molecule has 2 aliphatic rings. The van der Waals surface area contributed by atoms with Gasteiger partial charge in [-0.25, -0.2) is 0 Å². The van der Waals surface area contributed by atoms with E-state index in [-0.39, 0.29) is 10.3 Å². The Labute approximate surface area is 115 Å². The third-order valence-corrected chi connectivity index (χ3v) is 4.78. The number of allylic oxidation sites excluding steroid dienone is 5. The Morgan fingerprint density at radius 2 is 2.06 bits per heavy atom. The van der Waals surface area contributed by atoms with Gasteiger partial charge >= 0.3 is 0 Å². The number of rotatable bonds is 3. The zero-order valence-electron chi connectivity index (χ0n) is 11.7. The monoisotopic (exact) mass is 262 g/mol. The van der Waals surface area contributed by atoms with Crippen LogP contribution in [0.3, 0.4) is 0 Å². The molecule has 0 amide bonds. The molecule has 1 nitrogen and oxygen atoms in total. The first kappa shape index (κ1) is 13.7. The normalized spacial score (nSPS) is 27.3. The van der Waals surface area contributed by atoms with E-state index in [4.69, 9.17) is 4.74 Å². The summed E-state index contributed by atoms with van der Waals surface area (Å²) in [7, 11) is 1.82. The lowest BCUT2D eigenvalue weighted by molar-refractivity contribution is 0.0870. The molecule has 2 heteroatoms. The summed E-state index contributed by atoms with van der Waals surface area (Å²) < 4.78 is 5.95. The van der Waals surface area contributed by atoms with Crippen molar-refractivity contribution in [1.29, 1.82) is 0 Å². The third-order valence-electron chi connectivity index (χ3n) is 3.35. The van der Waals surface area contributed by atoms with E-state index < -0.39 is 0 Å². The Kier molecular flexibility index (Phi) is 3.88. The van der Waals surface area contributed by atoms with Crippen LogP contribution in [0.5, 0.6) is 0 Å². The quantitative estimate of drug-likeness (QED) is 0.673. The summed E-state index contributed by atoms with van der Waals surface area (Å²) in [6, 6.07) is 0. The van der Waals surface area contributed by atoms with Crippen LogP contribution in [0.2, 0.25) is 0 Å². The summed E-state index contributed by atoms with van der Waals surface area (Å²) in [5.41, 5.74) is 1.49. The lowest BCUT2D eigenvalue weighted by Crippen LogP contribution is -2.36. The SMILES string of the molecule is COC1(SC2=CCC=C2)CC=CC=C1C(C)(C)C. The maximum absolute atomic E-state index is 5.95. The van der Waals surface area contributed by atoms with Crippen LogP contribution in [0.1, 0.15) is 33.6 Å². The highest BCUT2D eigenvalue weighted by Gasteiger charge is 2.41. The van der Waals surface area contributed by atoms with E-state index in [1.807, 2.05) is 18.9 Å². The Hall–Kier alpha value is -0.730. The fraction of sp³-hybridized carbons (Fsp3) is 0.500. The van der Waals surface area contributed by atoms with Crippen LogP contribution in [0.15, 0.2) is 46.9 Å². The molecule has 2 rings (SSSR count). The van der Waals surface area contributed by atoms with Gasteiger partial charge in [0.25, 0.3) is 0 Å². The fourth-order valence-electron chi connectivity index (χ4n) is 2.48. The molecule has 2 aliphatic carbocycles. The molecule has 18 heavy (non-hydrogen) atoms. The van der Waals surface area contributed by atoms with Gasteiger partial charge < -0.3 is 4.74 Å². The van der Waals surface area contributed by atoms with Gasteiger partial charge in [-0.3, -0.25) is 0 Å². The largest absolute Gasteiger partial charge is 0.363 e. The molecule has 98 valence electrons. The third kappa shape index (κ3) is 2.65. The fourth-order valence-corrected chi connectivity index (χ4v) is 3.95. The molecule has 1 atom stereocenters. The van der Waals surface area contributed by atoms with Gasteiger partial charge in [-0.1, -0.05) is 69.0 Å². The van der Waals surface area contributed by atoms with E-state index in [0.29, 0.717) is 0 Å². The minimum absolute atomic E-state index is 0.122.